The summed E-state index contributed by atoms with van der Waals surface area (Å²) in [4.78, 5) is 0. The number of rotatable bonds is 5. The van der Waals surface area contributed by atoms with Crippen molar-refractivity contribution in [1.82, 2.24) is 0 Å². The summed E-state index contributed by atoms with van der Waals surface area (Å²) in [5.41, 5.74) is 1.32. The van der Waals surface area contributed by atoms with Crippen molar-refractivity contribution in [2.24, 2.45) is 23.7 Å². The van der Waals surface area contributed by atoms with E-state index in [4.69, 9.17) is 0 Å². The molecule has 0 saturated heterocycles. The van der Waals surface area contributed by atoms with Gasteiger partial charge in [0.25, 0.3) is 0 Å². The van der Waals surface area contributed by atoms with Gasteiger partial charge in [0.15, 0.2) is 0 Å². The topological polar surface area (TPSA) is 0 Å². The van der Waals surface area contributed by atoms with Crippen LogP contribution >= 0.6 is 0 Å². The molecule has 0 radical (unpaired) electrons. The molecule has 0 saturated carbocycles. The summed E-state index contributed by atoms with van der Waals surface area (Å²) in [7, 11) is 0. The van der Waals surface area contributed by atoms with Crippen molar-refractivity contribution in [2.75, 3.05) is 0 Å². The van der Waals surface area contributed by atoms with Gasteiger partial charge in [-0.05, 0) is 37.0 Å². The monoisotopic (exact) mass is 182 g/mol. The molecule has 0 aromatic carbocycles. The Morgan fingerprint density at radius 2 is 1.46 bits per heavy atom. The molecule has 0 heteroatoms. The molecule has 0 bridgehead atoms. The molecule has 0 aromatic rings. The summed E-state index contributed by atoms with van der Waals surface area (Å²) in [6, 6.07) is 0. The third-order valence-electron chi connectivity index (χ3n) is 3.51. The Morgan fingerprint density at radius 1 is 1.00 bits per heavy atom. The molecular weight excluding hydrogens is 156 g/mol. The minimum absolute atomic E-state index is 0.668. The Labute approximate surface area is 84.4 Å². The molecule has 0 spiro atoms. The van der Waals surface area contributed by atoms with Crippen molar-refractivity contribution >= 4 is 0 Å². The molecule has 78 valence electrons. The molecule has 0 N–H and O–H groups in total. The van der Waals surface area contributed by atoms with Crippen molar-refractivity contribution in [3.05, 3.63) is 12.2 Å². The van der Waals surface area contributed by atoms with E-state index in [1.807, 2.05) is 0 Å². The van der Waals surface area contributed by atoms with E-state index in [-0.39, 0.29) is 0 Å². The van der Waals surface area contributed by atoms with Crippen LogP contribution in [0.15, 0.2) is 12.2 Å². The molecule has 0 aromatic heterocycles. The molecule has 0 aliphatic rings. The van der Waals surface area contributed by atoms with Crippen molar-refractivity contribution in [3.8, 4) is 0 Å². The number of hydrogen-bond acceptors (Lipinski definition) is 0. The molecule has 0 nitrogen and oxygen atoms in total. The van der Waals surface area contributed by atoms with Crippen molar-refractivity contribution in [3.63, 3.8) is 0 Å². The third kappa shape index (κ3) is 4.50. The predicted molar refractivity (Wildman–Crippen MR) is 61.8 cm³/mol. The van der Waals surface area contributed by atoms with Crippen molar-refractivity contribution < 1.29 is 0 Å². The number of hydrogen-bond donors (Lipinski definition) is 0. The highest BCUT2D eigenvalue weighted by Gasteiger charge is 2.17. The fraction of sp³-hybridized carbons (Fsp3) is 0.846. The normalized spacial score (nSPS) is 18.4. The van der Waals surface area contributed by atoms with E-state index in [1.165, 1.54) is 12.0 Å². The lowest BCUT2D eigenvalue weighted by Crippen LogP contribution is -2.15. The first-order valence-electron chi connectivity index (χ1n) is 5.51. The lowest BCUT2D eigenvalue weighted by atomic mass is 9.81. The highest BCUT2D eigenvalue weighted by Crippen LogP contribution is 2.27. The summed E-state index contributed by atoms with van der Waals surface area (Å²) in [6.45, 7) is 17.8. The summed E-state index contributed by atoms with van der Waals surface area (Å²) in [5, 5.41) is 0. The molecule has 0 aliphatic carbocycles. The van der Waals surface area contributed by atoms with Crippen LogP contribution in [0.1, 0.15) is 48.0 Å². The first-order valence-corrected chi connectivity index (χ1v) is 5.51. The molecule has 3 atom stereocenters. The van der Waals surface area contributed by atoms with Crippen molar-refractivity contribution in [2.45, 2.75) is 48.0 Å². The maximum absolute atomic E-state index is 4.03. The molecular formula is C13H26. The average Bonchev–Trinajstić information content (AvgIpc) is 2.02. The standard InChI is InChI=1S/C13H26/c1-9(2)11(5)8-12(6)13(7)10(3)4/h9,11-13H,3,8H2,1-2,4-7H3. The summed E-state index contributed by atoms with van der Waals surface area (Å²) >= 11 is 0. The van der Waals surface area contributed by atoms with Gasteiger partial charge in [-0.2, -0.15) is 0 Å². The van der Waals surface area contributed by atoms with Crippen LogP contribution in [0.3, 0.4) is 0 Å². The fourth-order valence-electron chi connectivity index (χ4n) is 1.55. The van der Waals surface area contributed by atoms with Crippen LogP contribution < -0.4 is 0 Å². The van der Waals surface area contributed by atoms with E-state index in [2.05, 4.69) is 48.1 Å². The predicted octanol–water partition coefficient (Wildman–Crippen LogP) is 4.52. The highest BCUT2D eigenvalue weighted by molar-refractivity contribution is 4.96. The molecule has 3 unspecified atom stereocenters. The second-order valence-electron chi connectivity index (χ2n) is 5.07. The van der Waals surface area contributed by atoms with Gasteiger partial charge in [-0.3, -0.25) is 0 Å². The zero-order valence-electron chi connectivity index (χ0n) is 10.2. The summed E-state index contributed by atoms with van der Waals surface area (Å²) < 4.78 is 0. The minimum Gasteiger partial charge on any atom is -0.0999 e. The van der Waals surface area contributed by atoms with E-state index in [0.717, 1.165) is 17.8 Å². The summed E-state index contributed by atoms with van der Waals surface area (Å²) in [5.74, 6) is 3.08. The molecule has 0 fully saturated rings. The van der Waals surface area contributed by atoms with Gasteiger partial charge in [-0.15, -0.1) is 0 Å². The van der Waals surface area contributed by atoms with Crippen LogP contribution in [-0.2, 0) is 0 Å². The molecule has 13 heavy (non-hydrogen) atoms. The zero-order chi connectivity index (χ0) is 10.6. The van der Waals surface area contributed by atoms with E-state index in [1.54, 1.807) is 0 Å². The SMILES string of the molecule is C=C(C)C(C)C(C)CC(C)C(C)C. The van der Waals surface area contributed by atoms with E-state index in [0.29, 0.717) is 5.92 Å². The summed E-state index contributed by atoms with van der Waals surface area (Å²) in [6.07, 6.45) is 1.33. The molecule has 0 aliphatic heterocycles. The van der Waals surface area contributed by atoms with Crippen LogP contribution in [0.2, 0.25) is 0 Å². The smallest absolute Gasteiger partial charge is 0.0211 e. The first kappa shape index (κ1) is 12.7. The maximum Gasteiger partial charge on any atom is -0.0211 e. The van der Waals surface area contributed by atoms with Gasteiger partial charge in [0.05, 0.1) is 0 Å². The number of allylic oxidation sites excluding steroid dienone is 1. The van der Waals surface area contributed by atoms with Crippen LogP contribution in [-0.4, -0.2) is 0 Å². The lowest BCUT2D eigenvalue weighted by Gasteiger charge is -2.25. The molecule has 0 amide bonds. The fourth-order valence-corrected chi connectivity index (χ4v) is 1.55. The van der Waals surface area contributed by atoms with Gasteiger partial charge in [-0.25, -0.2) is 0 Å². The van der Waals surface area contributed by atoms with E-state index in [9.17, 15) is 0 Å². The van der Waals surface area contributed by atoms with Crippen molar-refractivity contribution in [1.29, 1.82) is 0 Å². The molecule has 0 rings (SSSR count). The van der Waals surface area contributed by atoms with Crippen LogP contribution in [0.4, 0.5) is 0 Å². The van der Waals surface area contributed by atoms with Gasteiger partial charge in [0, 0.05) is 0 Å². The van der Waals surface area contributed by atoms with Gasteiger partial charge >= 0.3 is 0 Å². The van der Waals surface area contributed by atoms with Gasteiger partial charge in [0.2, 0.25) is 0 Å². The Kier molecular flexibility index (Phi) is 5.36. The minimum atomic E-state index is 0.668. The largest absolute Gasteiger partial charge is 0.0999 e. The average molecular weight is 182 g/mol. The zero-order valence-corrected chi connectivity index (χ0v) is 10.2. The van der Waals surface area contributed by atoms with Crippen LogP contribution in [0.25, 0.3) is 0 Å². The first-order chi connectivity index (χ1) is 5.86. The van der Waals surface area contributed by atoms with Crippen LogP contribution in [0, 0.1) is 23.7 Å². The maximum atomic E-state index is 4.03. The Morgan fingerprint density at radius 3 is 1.77 bits per heavy atom. The molecule has 0 heterocycles. The Balaban J connectivity index is 3.99. The second-order valence-corrected chi connectivity index (χ2v) is 5.07. The van der Waals surface area contributed by atoms with Gasteiger partial charge < -0.3 is 0 Å². The lowest BCUT2D eigenvalue weighted by molar-refractivity contribution is 0.292. The third-order valence-corrected chi connectivity index (χ3v) is 3.51. The van der Waals surface area contributed by atoms with Gasteiger partial charge in [-0.1, -0.05) is 46.8 Å². The second kappa shape index (κ2) is 5.47. The van der Waals surface area contributed by atoms with E-state index < -0.39 is 0 Å². The van der Waals surface area contributed by atoms with Crippen LogP contribution in [0.5, 0.6) is 0 Å². The Hall–Kier alpha value is -0.260. The Bertz CT molecular complexity index is 155. The van der Waals surface area contributed by atoms with E-state index >= 15 is 0 Å². The highest BCUT2D eigenvalue weighted by atomic mass is 14.2. The quantitative estimate of drug-likeness (QED) is 0.548. The van der Waals surface area contributed by atoms with Gasteiger partial charge in [0.1, 0.15) is 0 Å².